The molecular formula is C43H78ClN. The van der Waals surface area contributed by atoms with Gasteiger partial charge in [-0.3, -0.25) is 0 Å². The fourth-order valence-electron chi connectivity index (χ4n) is 6.54. The van der Waals surface area contributed by atoms with E-state index in [-0.39, 0.29) is 12.4 Å². The topological polar surface area (TPSA) is 3.88 Å². The number of hydrogen-bond acceptors (Lipinski definition) is 0. The average molecular weight is 645 g/mol. The first-order chi connectivity index (χ1) is 21.8. The largest absolute Gasteiger partial charge is 1.00 e. The summed E-state index contributed by atoms with van der Waals surface area (Å²) in [6.07, 6.45) is 56.0. The number of hydrogen-bond donors (Lipinski definition) is 0. The fraction of sp³-hybridized carbons (Fsp3) is 0.791. The van der Waals surface area contributed by atoms with Crippen LogP contribution in [0, 0.1) is 0 Å². The highest BCUT2D eigenvalue weighted by Gasteiger charge is 2.12. The van der Waals surface area contributed by atoms with E-state index in [0.29, 0.717) is 0 Å². The molecule has 1 aromatic heterocycles. The maximum atomic E-state index is 2.45. The van der Waals surface area contributed by atoms with Crippen LogP contribution in [0.25, 0.3) is 0 Å². The molecule has 1 rings (SSSR count). The Morgan fingerprint density at radius 2 is 0.733 bits per heavy atom. The fourth-order valence-corrected chi connectivity index (χ4v) is 6.54. The lowest BCUT2D eigenvalue weighted by atomic mass is 9.88. The summed E-state index contributed by atoms with van der Waals surface area (Å²) in [7, 11) is 2.13. The van der Waals surface area contributed by atoms with Crippen molar-refractivity contribution >= 4 is 0 Å². The number of pyridine rings is 1. The molecule has 0 saturated carbocycles. The minimum absolute atomic E-state index is 0. The van der Waals surface area contributed by atoms with Crippen molar-refractivity contribution in [3.63, 3.8) is 0 Å². The third-order valence-electron chi connectivity index (χ3n) is 9.60. The van der Waals surface area contributed by atoms with Gasteiger partial charge in [0.2, 0.25) is 0 Å². The standard InChI is InChI=1S/C43H78N.ClH/c1-4-6-8-10-12-14-16-18-20-22-24-26-28-30-32-34-36-42(43-38-40-44(3)41-39-43)37-35-33-31-29-27-25-23-21-19-17-15-13-11-9-7-5-2;/h18-21,38-42H,4-17,22-37H2,1-3H3;1H/q+1;/p-1. The molecule has 0 saturated heterocycles. The van der Waals surface area contributed by atoms with Gasteiger partial charge in [-0.05, 0) is 75.7 Å². The predicted molar refractivity (Wildman–Crippen MR) is 198 cm³/mol. The summed E-state index contributed by atoms with van der Waals surface area (Å²) < 4.78 is 2.17. The quantitative estimate of drug-likeness (QED) is 0.0407. The van der Waals surface area contributed by atoms with Crippen LogP contribution in [0.3, 0.4) is 0 Å². The lowest BCUT2D eigenvalue weighted by molar-refractivity contribution is -0.671. The monoisotopic (exact) mass is 644 g/mol. The molecule has 0 amide bonds. The molecule has 0 radical (unpaired) electrons. The van der Waals surface area contributed by atoms with Gasteiger partial charge in [0, 0.05) is 12.1 Å². The second-order valence-electron chi connectivity index (χ2n) is 13.9. The number of aryl methyl sites for hydroxylation is 1. The number of halogens is 1. The van der Waals surface area contributed by atoms with Crippen LogP contribution in [0.2, 0.25) is 0 Å². The first-order valence-corrected chi connectivity index (χ1v) is 20.0. The van der Waals surface area contributed by atoms with Crippen LogP contribution >= 0.6 is 0 Å². The van der Waals surface area contributed by atoms with Gasteiger partial charge in [-0.1, -0.05) is 167 Å². The average Bonchev–Trinajstić information content (AvgIpc) is 3.03. The van der Waals surface area contributed by atoms with Gasteiger partial charge in [0.1, 0.15) is 7.05 Å². The Kier molecular flexibility index (Phi) is 34.9. The summed E-state index contributed by atoms with van der Waals surface area (Å²) in [4.78, 5) is 0. The van der Waals surface area contributed by atoms with Crippen LogP contribution in [-0.2, 0) is 7.05 Å². The van der Waals surface area contributed by atoms with E-state index < -0.39 is 0 Å². The van der Waals surface area contributed by atoms with Crippen LogP contribution in [-0.4, -0.2) is 0 Å². The first-order valence-electron chi connectivity index (χ1n) is 20.0. The van der Waals surface area contributed by atoms with E-state index in [0.717, 1.165) is 5.92 Å². The van der Waals surface area contributed by atoms with Crippen molar-refractivity contribution in [2.24, 2.45) is 7.05 Å². The Bertz CT molecular complexity index is 710. The number of allylic oxidation sites excluding steroid dienone is 4. The second kappa shape index (κ2) is 35.8. The highest BCUT2D eigenvalue weighted by molar-refractivity contribution is 5.13. The minimum atomic E-state index is 0. The van der Waals surface area contributed by atoms with E-state index in [2.05, 4.69) is 74.3 Å². The van der Waals surface area contributed by atoms with E-state index in [1.807, 2.05) is 0 Å². The van der Waals surface area contributed by atoms with Crippen LogP contribution in [0.15, 0.2) is 48.8 Å². The molecule has 2 heteroatoms. The molecule has 0 bridgehead atoms. The van der Waals surface area contributed by atoms with Gasteiger partial charge in [-0.15, -0.1) is 0 Å². The number of aromatic nitrogens is 1. The molecule has 1 nitrogen and oxygen atoms in total. The smallest absolute Gasteiger partial charge is 0.168 e. The Morgan fingerprint density at radius 3 is 1.07 bits per heavy atom. The number of rotatable bonds is 33. The molecule has 0 aromatic carbocycles. The van der Waals surface area contributed by atoms with Gasteiger partial charge in [0.25, 0.3) is 0 Å². The minimum Gasteiger partial charge on any atom is -1.00 e. The van der Waals surface area contributed by atoms with Crippen molar-refractivity contribution in [1.82, 2.24) is 0 Å². The molecule has 0 aliphatic carbocycles. The lowest BCUT2D eigenvalue weighted by Crippen LogP contribution is -3.00. The summed E-state index contributed by atoms with van der Waals surface area (Å²) in [6, 6.07) is 4.76. The molecule has 0 spiro atoms. The molecule has 45 heavy (non-hydrogen) atoms. The maximum Gasteiger partial charge on any atom is 0.168 e. The number of unbranched alkanes of at least 4 members (excludes halogenated alkanes) is 24. The third-order valence-corrected chi connectivity index (χ3v) is 9.60. The SMILES string of the molecule is CCCCCCCCC=CCCCCCCCCC(CCCCCCCCC=CCCCCCCCC)c1cc[n+](C)cc1.[Cl-]. The second-order valence-corrected chi connectivity index (χ2v) is 13.9. The van der Waals surface area contributed by atoms with E-state index in [9.17, 15) is 0 Å². The molecular weight excluding hydrogens is 566 g/mol. The van der Waals surface area contributed by atoms with Crippen molar-refractivity contribution in [3.8, 4) is 0 Å². The first kappa shape index (κ1) is 43.9. The molecule has 1 heterocycles. The highest BCUT2D eigenvalue weighted by Crippen LogP contribution is 2.28. The zero-order valence-electron chi connectivity index (χ0n) is 30.7. The van der Waals surface area contributed by atoms with Crippen LogP contribution in [0.4, 0.5) is 0 Å². The molecule has 0 atom stereocenters. The van der Waals surface area contributed by atoms with Gasteiger partial charge in [0.15, 0.2) is 12.4 Å². The van der Waals surface area contributed by atoms with Gasteiger partial charge in [0.05, 0.1) is 0 Å². The third kappa shape index (κ3) is 30.0. The van der Waals surface area contributed by atoms with Crippen LogP contribution in [0.5, 0.6) is 0 Å². The van der Waals surface area contributed by atoms with Gasteiger partial charge < -0.3 is 12.4 Å². The van der Waals surface area contributed by atoms with Gasteiger partial charge in [-0.25, -0.2) is 4.57 Å². The summed E-state index contributed by atoms with van der Waals surface area (Å²) in [5.41, 5.74) is 1.57. The highest BCUT2D eigenvalue weighted by atomic mass is 35.5. The molecule has 262 valence electrons. The Labute approximate surface area is 290 Å². The summed E-state index contributed by atoms with van der Waals surface area (Å²) in [5, 5.41) is 0. The normalized spacial score (nSPS) is 12.3. The van der Waals surface area contributed by atoms with E-state index in [1.54, 1.807) is 5.56 Å². The number of nitrogens with zero attached hydrogens (tertiary/aromatic N) is 1. The zero-order valence-corrected chi connectivity index (χ0v) is 31.5. The molecule has 0 unspecified atom stereocenters. The predicted octanol–water partition coefficient (Wildman–Crippen LogP) is 11.5. The molecule has 1 aromatic rings. The molecule has 0 aliphatic heterocycles. The molecule has 0 fully saturated rings. The van der Waals surface area contributed by atoms with Crippen molar-refractivity contribution in [2.45, 2.75) is 212 Å². The van der Waals surface area contributed by atoms with Crippen LogP contribution < -0.4 is 17.0 Å². The van der Waals surface area contributed by atoms with E-state index >= 15 is 0 Å². The summed E-state index contributed by atoms with van der Waals surface area (Å²) in [6.45, 7) is 4.60. The van der Waals surface area contributed by atoms with Gasteiger partial charge >= 0.3 is 0 Å². The molecule has 0 N–H and O–H groups in total. The Hall–Kier alpha value is -1.08. The van der Waals surface area contributed by atoms with E-state index in [1.165, 1.54) is 193 Å². The zero-order chi connectivity index (χ0) is 31.6. The van der Waals surface area contributed by atoms with Crippen molar-refractivity contribution in [2.75, 3.05) is 0 Å². The van der Waals surface area contributed by atoms with Crippen molar-refractivity contribution < 1.29 is 17.0 Å². The Morgan fingerprint density at radius 1 is 0.444 bits per heavy atom. The van der Waals surface area contributed by atoms with Gasteiger partial charge in [-0.2, -0.15) is 0 Å². The van der Waals surface area contributed by atoms with Crippen LogP contribution in [0.1, 0.15) is 218 Å². The summed E-state index contributed by atoms with van der Waals surface area (Å²) >= 11 is 0. The lowest BCUT2D eigenvalue weighted by Gasteiger charge is -2.17. The van der Waals surface area contributed by atoms with E-state index in [4.69, 9.17) is 0 Å². The molecule has 0 aliphatic rings. The summed E-state index contributed by atoms with van der Waals surface area (Å²) in [5.74, 6) is 0.754. The van der Waals surface area contributed by atoms with Crippen molar-refractivity contribution in [1.29, 1.82) is 0 Å². The Balaban J connectivity index is 0.0000194. The maximum absolute atomic E-state index is 2.45. The van der Waals surface area contributed by atoms with Crippen molar-refractivity contribution in [3.05, 3.63) is 54.4 Å².